The highest BCUT2D eigenvalue weighted by molar-refractivity contribution is 5.83. The Balaban J connectivity index is 1.80. The number of esters is 1. The third kappa shape index (κ3) is 2.44. The summed E-state index contributed by atoms with van der Waals surface area (Å²) in [5.41, 5.74) is 0.194. The number of carbonyl (C=O) groups is 1. The van der Waals surface area contributed by atoms with Gasteiger partial charge in [-0.1, -0.05) is 54.6 Å². The molecule has 0 saturated carbocycles. The Labute approximate surface area is 123 Å². The van der Waals surface area contributed by atoms with E-state index in [-0.39, 0.29) is 6.42 Å². The summed E-state index contributed by atoms with van der Waals surface area (Å²) in [5.74, 6) is -0.788. The van der Waals surface area contributed by atoms with Gasteiger partial charge in [0.25, 0.3) is 0 Å². The van der Waals surface area contributed by atoms with Gasteiger partial charge in [0, 0.05) is 12.0 Å². The molecule has 0 saturated heterocycles. The molecule has 2 nitrogen and oxygen atoms in total. The molecule has 0 bridgehead atoms. The predicted octanol–water partition coefficient (Wildman–Crippen LogP) is 4.10. The van der Waals surface area contributed by atoms with Crippen LogP contribution in [0.15, 0.2) is 54.6 Å². The van der Waals surface area contributed by atoms with Gasteiger partial charge in [-0.3, -0.25) is 0 Å². The Morgan fingerprint density at radius 1 is 1.14 bits per heavy atom. The van der Waals surface area contributed by atoms with Gasteiger partial charge in [-0.2, -0.15) is 0 Å². The summed E-state index contributed by atoms with van der Waals surface area (Å²) in [6.45, 7) is 1.76. The lowest BCUT2D eigenvalue weighted by Gasteiger charge is -2.22. The molecule has 0 amide bonds. The molecule has 1 unspecified atom stereocenters. The number of carbonyl (C=O) groups excluding carboxylic acids is 1. The molecular weight excluding hydrogens is 267 g/mol. The van der Waals surface area contributed by atoms with E-state index in [1.165, 1.54) is 0 Å². The number of fused-ring (bicyclic) bond motifs is 1. The lowest BCUT2D eigenvalue weighted by molar-refractivity contribution is -0.164. The van der Waals surface area contributed by atoms with Gasteiger partial charge in [-0.05, 0) is 24.5 Å². The summed E-state index contributed by atoms with van der Waals surface area (Å²) in [4.78, 5) is 12.3. The molecule has 2 atom stereocenters. The molecule has 0 aromatic heterocycles. The summed E-state index contributed by atoms with van der Waals surface area (Å²) >= 11 is 0. The third-order valence-corrected chi connectivity index (χ3v) is 4.06. The van der Waals surface area contributed by atoms with Crippen LogP contribution in [-0.2, 0) is 21.6 Å². The number of alkyl halides is 1. The van der Waals surface area contributed by atoms with Gasteiger partial charge in [0.1, 0.15) is 6.10 Å². The molecule has 0 fully saturated rings. The molecule has 108 valence electrons. The van der Waals surface area contributed by atoms with Crippen LogP contribution in [0.1, 0.15) is 36.1 Å². The molecule has 1 aliphatic rings. The molecular formula is C18H17FO2. The van der Waals surface area contributed by atoms with E-state index in [2.05, 4.69) is 0 Å². The van der Waals surface area contributed by atoms with Gasteiger partial charge >= 0.3 is 5.97 Å². The smallest absolute Gasteiger partial charge is 0.349 e. The van der Waals surface area contributed by atoms with Crippen LogP contribution in [0, 0.1) is 0 Å². The van der Waals surface area contributed by atoms with E-state index >= 15 is 4.39 Å². The first-order valence-corrected chi connectivity index (χ1v) is 7.14. The van der Waals surface area contributed by atoms with E-state index in [9.17, 15) is 4.79 Å². The molecule has 0 heterocycles. The molecule has 3 rings (SSSR count). The lowest BCUT2D eigenvalue weighted by atomic mass is 9.98. The number of rotatable bonds is 3. The van der Waals surface area contributed by atoms with Gasteiger partial charge in [0.15, 0.2) is 0 Å². The molecule has 0 N–H and O–H groups in total. The highest BCUT2D eigenvalue weighted by Crippen LogP contribution is 2.42. The molecule has 1 aliphatic carbocycles. The lowest BCUT2D eigenvalue weighted by Crippen LogP contribution is -2.31. The fourth-order valence-corrected chi connectivity index (χ4v) is 2.82. The van der Waals surface area contributed by atoms with E-state index in [1.807, 2.05) is 42.5 Å². The molecule has 3 heteroatoms. The predicted molar refractivity (Wildman–Crippen MR) is 78.5 cm³/mol. The van der Waals surface area contributed by atoms with Crippen LogP contribution in [0.4, 0.5) is 4.39 Å². The zero-order chi connectivity index (χ0) is 14.9. The summed E-state index contributed by atoms with van der Waals surface area (Å²) in [7, 11) is 0. The first kappa shape index (κ1) is 13.8. The summed E-state index contributed by atoms with van der Waals surface area (Å²) < 4.78 is 20.5. The highest BCUT2D eigenvalue weighted by Gasteiger charge is 2.47. The minimum atomic E-state index is -2.01. The van der Waals surface area contributed by atoms with E-state index in [0.29, 0.717) is 12.0 Å². The largest absolute Gasteiger partial charge is 0.455 e. The van der Waals surface area contributed by atoms with Crippen LogP contribution in [0.3, 0.4) is 0 Å². The van der Waals surface area contributed by atoms with Gasteiger partial charge in [-0.25, -0.2) is 9.18 Å². The van der Waals surface area contributed by atoms with Crippen molar-refractivity contribution in [2.24, 2.45) is 0 Å². The SMILES string of the molecule is C[C@@H](OC(=O)C1(F)CCc2ccccc21)c1ccccc1. The molecule has 0 aliphatic heterocycles. The number of ether oxygens (including phenoxy) is 1. The van der Waals surface area contributed by atoms with Crippen molar-refractivity contribution in [3.05, 3.63) is 71.3 Å². The van der Waals surface area contributed by atoms with Crippen molar-refractivity contribution in [1.82, 2.24) is 0 Å². The second-order valence-corrected chi connectivity index (χ2v) is 5.42. The Morgan fingerprint density at radius 2 is 1.81 bits per heavy atom. The van der Waals surface area contributed by atoms with Crippen LogP contribution in [0.2, 0.25) is 0 Å². The molecule has 2 aromatic rings. The van der Waals surface area contributed by atoms with Gasteiger partial charge in [0.2, 0.25) is 5.67 Å². The fraction of sp³-hybridized carbons (Fsp3) is 0.278. The van der Waals surface area contributed by atoms with E-state index < -0.39 is 17.7 Å². The molecule has 21 heavy (non-hydrogen) atoms. The second kappa shape index (κ2) is 5.32. The standard InChI is InChI=1S/C18H17FO2/c1-13(14-7-3-2-4-8-14)21-17(20)18(19)12-11-15-9-5-6-10-16(15)18/h2-10,13H,11-12H2,1H3/t13-,18?/m1/s1. The van der Waals surface area contributed by atoms with E-state index in [1.54, 1.807) is 19.1 Å². The molecule has 0 radical (unpaired) electrons. The van der Waals surface area contributed by atoms with Crippen LogP contribution in [0.25, 0.3) is 0 Å². The molecule has 0 spiro atoms. The number of hydrogen-bond acceptors (Lipinski definition) is 2. The van der Waals surface area contributed by atoms with Gasteiger partial charge in [-0.15, -0.1) is 0 Å². The third-order valence-electron chi connectivity index (χ3n) is 4.06. The zero-order valence-electron chi connectivity index (χ0n) is 11.9. The highest BCUT2D eigenvalue weighted by atomic mass is 19.1. The van der Waals surface area contributed by atoms with E-state index in [0.717, 1.165) is 11.1 Å². The maximum absolute atomic E-state index is 15.1. The van der Waals surface area contributed by atoms with Crippen molar-refractivity contribution >= 4 is 5.97 Å². The number of hydrogen-bond donors (Lipinski definition) is 0. The Kier molecular flexibility index (Phi) is 3.50. The average Bonchev–Trinajstić information content (AvgIpc) is 2.87. The number of halogens is 1. The minimum Gasteiger partial charge on any atom is -0.455 e. The Hall–Kier alpha value is -2.16. The van der Waals surface area contributed by atoms with Crippen LogP contribution in [-0.4, -0.2) is 5.97 Å². The minimum absolute atomic E-state index is 0.159. The van der Waals surface area contributed by atoms with Crippen LogP contribution < -0.4 is 0 Å². The Morgan fingerprint density at radius 3 is 2.57 bits per heavy atom. The maximum Gasteiger partial charge on any atom is 0.349 e. The van der Waals surface area contributed by atoms with Crippen molar-refractivity contribution in [3.8, 4) is 0 Å². The van der Waals surface area contributed by atoms with Crippen molar-refractivity contribution in [1.29, 1.82) is 0 Å². The second-order valence-electron chi connectivity index (χ2n) is 5.42. The molecule has 2 aromatic carbocycles. The van der Waals surface area contributed by atoms with E-state index in [4.69, 9.17) is 4.74 Å². The normalized spacial score (nSPS) is 21.6. The Bertz CT molecular complexity index is 653. The first-order valence-electron chi connectivity index (χ1n) is 7.14. The monoisotopic (exact) mass is 284 g/mol. The van der Waals surface area contributed by atoms with Crippen molar-refractivity contribution in [3.63, 3.8) is 0 Å². The zero-order valence-corrected chi connectivity index (χ0v) is 11.9. The summed E-state index contributed by atoms with van der Waals surface area (Å²) in [6.07, 6.45) is 0.271. The summed E-state index contributed by atoms with van der Waals surface area (Å²) in [5, 5.41) is 0. The maximum atomic E-state index is 15.1. The summed E-state index contributed by atoms with van der Waals surface area (Å²) in [6, 6.07) is 16.5. The van der Waals surface area contributed by atoms with Crippen molar-refractivity contribution in [2.75, 3.05) is 0 Å². The number of benzene rings is 2. The fourth-order valence-electron chi connectivity index (χ4n) is 2.82. The van der Waals surface area contributed by atoms with Crippen molar-refractivity contribution < 1.29 is 13.9 Å². The quantitative estimate of drug-likeness (QED) is 0.793. The van der Waals surface area contributed by atoms with Crippen LogP contribution >= 0.6 is 0 Å². The topological polar surface area (TPSA) is 26.3 Å². The number of aryl methyl sites for hydroxylation is 1. The first-order chi connectivity index (χ1) is 10.1. The van der Waals surface area contributed by atoms with Gasteiger partial charge in [0.05, 0.1) is 0 Å². The van der Waals surface area contributed by atoms with Crippen LogP contribution in [0.5, 0.6) is 0 Å². The van der Waals surface area contributed by atoms with Crippen molar-refractivity contribution in [2.45, 2.75) is 31.5 Å². The average molecular weight is 284 g/mol. The van der Waals surface area contributed by atoms with Gasteiger partial charge < -0.3 is 4.74 Å².